The monoisotopic (exact) mass is 382 g/mol. The summed E-state index contributed by atoms with van der Waals surface area (Å²) in [7, 11) is -2.40. The van der Waals surface area contributed by atoms with Gasteiger partial charge in [-0.15, -0.1) is 0 Å². The molecule has 0 bridgehead atoms. The highest BCUT2D eigenvalue weighted by molar-refractivity contribution is 7.89. The maximum Gasteiger partial charge on any atom is 0.251 e. The van der Waals surface area contributed by atoms with Crippen molar-refractivity contribution >= 4 is 15.9 Å². The van der Waals surface area contributed by atoms with Crippen LogP contribution in [0, 0.1) is 0 Å². The molecule has 2 N–H and O–H groups in total. The van der Waals surface area contributed by atoms with Crippen molar-refractivity contribution in [3.8, 4) is 5.75 Å². The lowest BCUT2D eigenvalue weighted by Crippen LogP contribution is -2.40. The fourth-order valence-electron chi connectivity index (χ4n) is 3.18. The summed E-state index contributed by atoms with van der Waals surface area (Å²) < 4.78 is 33.2. The molecule has 1 aliphatic rings. The summed E-state index contributed by atoms with van der Waals surface area (Å²) in [4.78, 5) is 12.6. The quantitative estimate of drug-likeness (QED) is 0.766. The van der Waals surface area contributed by atoms with E-state index in [0.717, 1.165) is 25.7 Å². The first-order chi connectivity index (χ1) is 12.1. The highest BCUT2D eigenvalue weighted by atomic mass is 32.2. The van der Waals surface area contributed by atoms with Gasteiger partial charge in [0.15, 0.2) is 0 Å². The smallest absolute Gasteiger partial charge is 0.251 e. The molecule has 0 atom stereocenters. The van der Waals surface area contributed by atoms with Crippen LogP contribution in [0.1, 0.15) is 69.7 Å². The number of methoxy groups -OCH3 is 1. The van der Waals surface area contributed by atoms with Crippen molar-refractivity contribution in [3.63, 3.8) is 0 Å². The highest BCUT2D eigenvalue weighted by Gasteiger charge is 2.27. The Bertz CT molecular complexity index is 730. The summed E-state index contributed by atoms with van der Waals surface area (Å²) in [5.41, 5.74) is -0.313. The van der Waals surface area contributed by atoms with Gasteiger partial charge < -0.3 is 10.1 Å². The summed E-state index contributed by atoms with van der Waals surface area (Å²) in [6, 6.07) is 4.67. The number of sulfonamides is 1. The maximum absolute atomic E-state index is 12.7. The predicted molar refractivity (Wildman–Crippen MR) is 102 cm³/mol. The van der Waals surface area contributed by atoms with Crippen molar-refractivity contribution in [2.24, 2.45) is 0 Å². The number of rotatable bonds is 5. The van der Waals surface area contributed by atoms with E-state index >= 15 is 0 Å². The molecule has 2 rings (SSSR count). The molecule has 0 unspecified atom stereocenters. The van der Waals surface area contributed by atoms with Crippen LogP contribution >= 0.6 is 0 Å². The van der Waals surface area contributed by atoms with Gasteiger partial charge >= 0.3 is 0 Å². The van der Waals surface area contributed by atoms with Gasteiger partial charge in [-0.3, -0.25) is 4.79 Å². The SMILES string of the molecule is COc1ccc(C(=O)NC2CCCCCC2)cc1S(=O)(=O)NC(C)(C)C. The lowest BCUT2D eigenvalue weighted by Gasteiger charge is -2.22. The summed E-state index contributed by atoms with van der Waals surface area (Å²) in [5.74, 6) is -0.0282. The Hall–Kier alpha value is -1.60. The standard InChI is InChI=1S/C19H30N2O4S/c1-19(2,3)21-26(23,24)17-13-14(11-12-16(17)25-4)18(22)20-15-9-7-5-6-8-10-15/h11-13,15,21H,5-10H2,1-4H3,(H,20,22). The first-order valence-electron chi connectivity index (χ1n) is 9.15. The van der Waals surface area contributed by atoms with Crippen LogP contribution in [0.2, 0.25) is 0 Å². The molecule has 6 nitrogen and oxygen atoms in total. The molecule has 0 heterocycles. The molecule has 0 spiro atoms. The Morgan fingerprint density at radius 3 is 2.27 bits per heavy atom. The molecule has 1 fully saturated rings. The molecule has 1 saturated carbocycles. The number of benzene rings is 1. The number of amides is 1. The Kier molecular flexibility index (Phi) is 6.69. The normalized spacial score (nSPS) is 16.8. The van der Waals surface area contributed by atoms with Crippen molar-refractivity contribution in [2.45, 2.75) is 75.8 Å². The molecular weight excluding hydrogens is 352 g/mol. The minimum atomic E-state index is -3.81. The van der Waals surface area contributed by atoms with Gasteiger partial charge in [0.1, 0.15) is 10.6 Å². The number of hydrogen-bond donors (Lipinski definition) is 2. The minimum absolute atomic E-state index is 0.0246. The summed E-state index contributed by atoms with van der Waals surface area (Å²) in [6.07, 6.45) is 6.58. The minimum Gasteiger partial charge on any atom is -0.495 e. The Labute approximate surface area is 156 Å². The highest BCUT2D eigenvalue weighted by Crippen LogP contribution is 2.26. The van der Waals surface area contributed by atoms with Crippen molar-refractivity contribution in [2.75, 3.05) is 7.11 Å². The van der Waals surface area contributed by atoms with Crippen LogP contribution in [0.15, 0.2) is 23.1 Å². The second-order valence-corrected chi connectivity index (χ2v) is 9.53. The molecule has 1 aromatic carbocycles. The zero-order chi connectivity index (χ0) is 19.4. The lowest BCUT2D eigenvalue weighted by atomic mass is 10.1. The third-order valence-corrected chi connectivity index (χ3v) is 6.13. The number of nitrogens with one attached hydrogen (secondary N) is 2. The molecule has 1 aromatic rings. The molecule has 7 heteroatoms. The second-order valence-electron chi connectivity index (χ2n) is 7.88. The van der Waals surface area contributed by atoms with E-state index < -0.39 is 15.6 Å². The van der Waals surface area contributed by atoms with Gasteiger partial charge in [-0.2, -0.15) is 0 Å². The number of carbonyl (C=O) groups is 1. The number of ether oxygens (including phenoxy) is 1. The molecule has 0 aliphatic heterocycles. The number of carbonyl (C=O) groups excluding carboxylic acids is 1. The fourth-order valence-corrected chi connectivity index (χ4v) is 4.79. The fraction of sp³-hybridized carbons (Fsp3) is 0.632. The predicted octanol–water partition coefficient (Wildman–Crippen LogP) is 3.22. The summed E-state index contributed by atoms with van der Waals surface area (Å²) in [5, 5.41) is 3.04. The lowest BCUT2D eigenvalue weighted by molar-refractivity contribution is 0.0933. The number of hydrogen-bond acceptors (Lipinski definition) is 4. The molecular formula is C19H30N2O4S. The summed E-state index contributed by atoms with van der Waals surface area (Å²) >= 11 is 0. The van der Waals surface area contributed by atoms with E-state index in [2.05, 4.69) is 10.0 Å². The first kappa shape index (κ1) is 20.7. The Morgan fingerprint density at radius 2 is 1.73 bits per heavy atom. The van der Waals surface area contributed by atoms with Gasteiger partial charge in [0.2, 0.25) is 10.0 Å². The van der Waals surface area contributed by atoms with E-state index in [1.807, 2.05) is 0 Å². The third kappa shape index (κ3) is 5.71. The molecule has 0 saturated heterocycles. The molecule has 1 amide bonds. The zero-order valence-electron chi connectivity index (χ0n) is 16.1. The van der Waals surface area contributed by atoms with Crippen LogP contribution in [0.3, 0.4) is 0 Å². The molecule has 1 aliphatic carbocycles. The second kappa shape index (κ2) is 8.39. The largest absolute Gasteiger partial charge is 0.495 e. The maximum atomic E-state index is 12.7. The van der Waals surface area contributed by atoms with Crippen LogP contribution in [-0.4, -0.2) is 33.0 Å². The van der Waals surface area contributed by atoms with E-state index in [1.165, 1.54) is 32.1 Å². The van der Waals surface area contributed by atoms with E-state index in [-0.39, 0.29) is 22.6 Å². The molecule has 0 radical (unpaired) electrons. The van der Waals surface area contributed by atoms with Crippen molar-refractivity contribution in [1.82, 2.24) is 10.0 Å². The van der Waals surface area contributed by atoms with Crippen LogP contribution in [0.25, 0.3) is 0 Å². The van der Waals surface area contributed by atoms with Gasteiger partial charge in [0, 0.05) is 17.1 Å². The molecule has 26 heavy (non-hydrogen) atoms. The average molecular weight is 383 g/mol. The zero-order valence-corrected chi connectivity index (χ0v) is 16.9. The topological polar surface area (TPSA) is 84.5 Å². The van der Waals surface area contributed by atoms with Gasteiger partial charge in [0.05, 0.1) is 7.11 Å². The van der Waals surface area contributed by atoms with Crippen molar-refractivity contribution < 1.29 is 17.9 Å². The molecule has 0 aromatic heterocycles. The third-order valence-electron chi connectivity index (χ3n) is 4.35. The van der Waals surface area contributed by atoms with Crippen LogP contribution in [0.5, 0.6) is 5.75 Å². The van der Waals surface area contributed by atoms with Crippen molar-refractivity contribution in [3.05, 3.63) is 23.8 Å². The van der Waals surface area contributed by atoms with Gasteiger partial charge in [-0.05, 0) is 51.8 Å². The Morgan fingerprint density at radius 1 is 1.12 bits per heavy atom. The molecule has 146 valence electrons. The van der Waals surface area contributed by atoms with Gasteiger partial charge in [0.25, 0.3) is 5.91 Å². The van der Waals surface area contributed by atoms with Crippen molar-refractivity contribution in [1.29, 1.82) is 0 Å². The van der Waals surface area contributed by atoms with E-state index in [4.69, 9.17) is 4.74 Å². The Balaban J connectivity index is 2.26. The van der Waals surface area contributed by atoms with E-state index in [0.29, 0.717) is 5.56 Å². The van der Waals surface area contributed by atoms with Gasteiger partial charge in [-0.25, -0.2) is 13.1 Å². The summed E-state index contributed by atoms with van der Waals surface area (Å²) in [6.45, 7) is 5.29. The van der Waals surface area contributed by atoms with Crippen LogP contribution in [0.4, 0.5) is 0 Å². The average Bonchev–Trinajstić information content (AvgIpc) is 2.80. The first-order valence-corrected chi connectivity index (χ1v) is 10.6. The van der Waals surface area contributed by atoms with Crippen LogP contribution in [-0.2, 0) is 10.0 Å². The van der Waals surface area contributed by atoms with Crippen LogP contribution < -0.4 is 14.8 Å². The van der Waals surface area contributed by atoms with E-state index in [9.17, 15) is 13.2 Å². The van der Waals surface area contributed by atoms with Gasteiger partial charge in [-0.1, -0.05) is 25.7 Å². The van der Waals surface area contributed by atoms with E-state index in [1.54, 1.807) is 26.8 Å².